The summed E-state index contributed by atoms with van der Waals surface area (Å²) in [4.78, 5) is 100. The van der Waals surface area contributed by atoms with Crippen LogP contribution in [-0.4, -0.2) is 99.4 Å². The molecule has 16 heteroatoms. The van der Waals surface area contributed by atoms with E-state index < -0.39 is 36.1 Å². The van der Waals surface area contributed by atoms with Gasteiger partial charge < -0.3 is 31.1 Å². The number of amides is 5. The maximum Gasteiger partial charge on any atom is 0.251 e. The molecule has 2 saturated carbocycles. The van der Waals surface area contributed by atoms with Gasteiger partial charge in [0.15, 0.2) is 0 Å². The van der Waals surface area contributed by atoms with Crippen molar-refractivity contribution in [1.29, 1.82) is 0 Å². The van der Waals surface area contributed by atoms with Crippen molar-refractivity contribution in [3.8, 4) is 44.8 Å². The Balaban J connectivity index is 0.801. The van der Waals surface area contributed by atoms with Gasteiger partial charge in [-0.25, -0.2) is 9.97 Å². The zero-order valence-corrected chi connectivity index (χ0v) is 52.6. The zero-order chi connectivity index (χ0) is 61.3. The largest absolute Gasteiger partial charge is 0.347 e. The highest BCUT2D eigenvalue weighted by atomic mass is 32.1. The molecule has 2 aromatic heterocycles. The molecule has 0 bridgehead atoms. The second kappa shape index (κ2) is 28.7. The lowest BCUT2D eigenvalue weighted by atomic mass is 9.76. The van der Waals surface area contributed by atoms with Gasteiger partial charge in [-0.05, 0) is 117 Å². The van der Waals surface area contributed by atoms with Gasteiger partial charge in [-0.3, -0.25) is 28.8 Å². The van der Waals surface area contributed by atoms with Crippen molar-refractivity contribution in [2.75, 3.05) is 20.1 Å². The van der Waals surface area contributed by atoms with Crippen molar-refractivity contribution in [3.63, 3.8) is 0 Å². The van der Waals surface area contributed by atoms with Crippen molar-refractivity contribution >= 4 is 58.0 Å². The first-order valence-corrected chi connectivity index (χ1v) is 33.6. The van der Waals surface area contributed by atoms with E-state index in [0.29, 0.717) is 30.4 Å². The van der Waals surface area contributed by atoms with Gasteiger partial charge in [-0.15, -0.1) is 22.7 Å². The van der Waals surface area contributed by atoms with E-state index in [1.165, 1.54) is 22.7 Å². The quantitative estimate of drug-likeness (QED) is 0.0544. The highest BCUT2D eigenvalue weighted by molar-refractivity contribution is 7.10. The minimum absolute atomic E-state index is 0.000213. The maximum atomic E-state index is 15.2. The smallest absolute Gasteiger partial charge is 0.251 e. The van der Waals surface area contributed by atoms with E-state index in [1.54, 1.807) is 31.3 Å². The van der Waals surface area contributed by atoms with Crippen LogP contribution in [0.4, 0.5) is 0 Å². The predicted molar refractivity (Wildman–Crippen MR) is 349 cm³/mol. The molecule has 4 N–H and O–H groups in total. The molecule has 4 fully saturated rings. The number of nitrogens with one attached hydrogen (secondary N) is 4. The van der Waals surface area contributed by atoms with Gasteiger partial charge in [-0.1, -0.05) is 162 Å². The summed E-state index contributed by atoms with van der Waals surface area (Å²) >= 11 is 3.00. The highest BCUT2D eigenvalue weighted by Crippen LogP contribution is 2.42. The molecule has 14 nitrogen and oxygen atoms in total. The first-order chi connectivity index (χ1) is 42.8. The molecule has 2 aliphatic carbocycles. The van der Waals surface area contributed by atoms with E-state index in [-0.39, 0.29) is 78.6 Å². The van der Waals surface area contributed by atoms with Crippen LogP contribution in [0, 0.1) is 23.7 Å². The lowest BCUT2D eigenvalue weighted by Crippen LogP contribution is -2.54. The fraction of sp³-hybridized carbons (Fsp3) is 0.417. The lowest BCUT2D eigenvalue weighted by Gasteiger charge is -2.35. The number of hydrogen-bond acceptors (Lipinski definition) is 11. The number of carbonyl (C=O) groups is 6. The average Bonchev–Trinajstić information content (AvgIpc) is 4.01. The Hall–Kier alpha value is -7.66. The third-order valence-corrected chi connectivity index (χ3v) is 20.9. The van der Waals surface area contributed by atoms with E-state index in [9.17, 15) is 19.2 Å². The molecule has 2 aliphatic heterocycles. The van der Waals surface area contributed by atoms with Crippen LogP contribution in [0.25, 0.3) is 44.8 Å². The Labute approximate surface area is 525 Å². The predicted octanol–water partition coefficient (Wildman–Crippen LogP) is 13.3. The number of rotatable bonds is 21. The molecule has 11 rings (SSSR count). The SMILES string of the molecule is CC[C@@H](C)C(=O)N[C@H](C(=O)N1C[C@@H](NC(=O)c2ccc(C(=O)N[C@H]3C[C@@H](c4nc(-c5ccc(-c6ccccc6)cc5)cs4)N(C(=O)[C@@H](CC(=O)[C@H](C)NC)C4CCCCC4)C3)cc2)C[C@H]1c1nc(-c2ccc(-c3ccccc3)cc2)cs1)C1CCCCC1. The third-order valence-electron chi connectivity index (χ3n) is 19.1. The van der Waals surface area contributed by atoms with Gasteiger partial charge in [-0.2, -0.15) is 0 Å². The molecule has 0 radical (unpaired) electrons. The Morgan fingerprint density at radius 3 is 1.40 bits per heavy atom. The topological polar surface area (TPSA) is 183 Å². The van der Waals surface area contributed by atoms with E-state index >= 15 is 9.59 Å². The maximum absolute atomic E-state index is 15.2. The number of nitrogens with zero attached hydrogens (tertiary/aromatic N) is 4. The molecular formula is C72H82N8O6S2. The molecule has 458 valence electrons. The Morgan fingerprint density at radius 2 is 0.955 bits per heavy atom. The van der Waals surface area contributed by atoms with Crippen LogP contribution in [0.15, 0.2) is 144 Å². The number of carbonyl (C=O) groups excluding carboxylic acids is 6. The monoisotopic (exact) mass is 1220 g/mol. The number of hydrogen-bond donors (Lipinski definition) is 4. The molecule has 88 heavy (non-hydrogen) atoms. The van der Waals surface area contributed by atoms with Crippen LogP contribution in [0.2, 0.25) is 0 Å². The molecule has 8 atom stereocenters. The van der Waals surface area contributed by atoms with Crippen LogP contribution >= 0.6 is 22.7 Å². The fourth-order valence-electron chi connectivity index (χ4n) is 13.5. The molecular weight excluding hydrogens is 1140 g/mol. The van der Waals surface area contributed by atoms with Crippen molar-refractivity contribution in [2.24, 2.45) is 23.7 Å². The minimum Gasteiger partial charge on any atom is -0.347 e. The van der Waals surface area contributed by atoms with Gasteiger partial charge in [0.1, 0.15) is 21.8 Å². The molecule has 4 heterocycles. The van der Waals surface area contributed by atoms with E-state index in [0.717, 1.165) is 119 Å². The van der Waals surface area contributed by atoms with E-state index in [2.05, 4.69) is 94.1 Å². The van der Waals surface area contributed by atoms with Crippen molar-refractivity contribution < 1.29 is 28.8 Å². The van der Waals surface area contributed by atoms with Gasteiger partial charge in [0, 0.05) is 76.4 Å². The number of likely N-dealkylation sites (N-methyl/N-ethyl adjacent to an activating group) is 1. The van der Waals surface area contributed by atoms with Crippen LogP contribution in [0.1, 0.15) is 153 Å². The second-order valence-corrected chi connectivity index (χ2v) is 26.6. The summed E-state index contributed by atoms with van der Waals surface area (Å²) in [5.41, 5.74) is 8.71. The van der Waals surface area contributed by atoms with Crippen LogP contribution in [0.3, 0.4) is 0 Å². The summed E-state index contributed by atoms with van der Waals surface area (Å²) in [6.45, 7) is 6.21. The summed E-state index contributed by atoms with van der Waals surface area (Å²) in [6, 6.07) is 40.9. The fourth-order valence-corrected chi connectivity index (χ4v) is 15.4. The summed E-state index contributed by atoms with van der Waals surface area (Å²) in [6.07, 6.45) is 11.4. The normalized spacial score (nSPS) is 20.4. The van der Waals surface area contributed by atoms with Crippen molar-refractivity contribution in [1.82, 2.24) is 41.0 Å². The first-order valence-electron chi connectivity index (χ1n) is 31.9. The summed E-state index contributed by atoms with van der Waals surface area (Å²) < 4.78 is 0. The summed E-state index contributed by atoms with van der Waals surface area (Å²) in [7, 11) is 1.77. The Morgan fingerprint density at radius 1 is 0.534 bits per heavy atom. The molecule has 0 spiro atoms. The number of Topliss-reactive ketones (excluding diaryl/α,β-unsaturated/α-hetero) is 1. The van der Waals surface area contributed by atoms with Crippen molar-refractivity contribution in [3.05, 3.63) is 165 Å². The standard InChI is InChI=1S/C72H82N8O6S2/c1-5-45(2)66(82)78-65(54-24-16-9-17-25-54)72(86)80-42-58(39-63(80)70-77-61(44-88-70)53-32-28-50(29-33-53)48-20-12-7-13-21-48)75-68(84)56-36-34-55(35-37-56)67(83)74-57-38-62(69-76-60(43-87-69)52-30-26-49(27-31-52)47-18-10-6-11-19-47)79(41-57)71(85)59(40-64(81)46(3)73-4)51-22-14-8-15-23-51/h6-7,10-13,18-21,26-37,43-46,51,54,57-59,62-63,65,73H,5,8-9,14-17,22-25,38-42H2,1-4H3,(H,74,83)(H,75,84)(H,78,82)/t45-,46+,57+,58+,59+,62+,63+,65+/m1/s1. The summed E-state index contributed by atoms with van der Waals surface area (Å²) in [5, 5.41) is 18.4. The zero-order valence-electron chi connectivity index (χ0n) is 51.0. The Bertz CT molecular complexity index is 3290. The molecule has 4 aliphatic rings. The molecule has 0 unspecified atom stereocenters. The number of aromatic nitrogens is 2. The first kappa shape index (κ1) is 62.0. The summed E-state index contributed by atoms with van der Waals surface area (Å²) in [5.74, 6) is -1.65. The number of thiazole rings is 2. The third kappa shape index (κ3) is 14.4. The second-order valence-electron chi connectivity index (χ2n) is 24.8. The highest BCUT2D eigenvalue weighted by Gasteiger charge is 2.46. The molecule has 5 aromatic carbocycles. The average molecular weight is 1220 g/mol. The molecule has 5 amide bonds. The number of benzene rings is 5. The van der Waals surface area contributed by atoms with E-state index in [4.69, 9.17) is 9.97 Å². The van der Waals surface area contributed by atoms with Gasteiger partial charge in [0.2, 0.25) is 17.7 Å². The van der Waals surface area contributed by atoms with Crippen LogP contribution < -0.4 is 21.3 Å². The lowest BCUT2D eigenvalue weighted by molar-refractivity contribution is -0.141. The molecule has 7 aromatic rings. The number of ketones is 1. The van der Waals surface area contributed by atoms with Gasteiger partial charge >= 0.3 is 0 Å². The van der Waals surface area contributed by atoms with Crippen molar-refractivity contribution in [2.45, 2.75) is 147 Å². The van der Waals surface area contributed by atoms with Crippen LogP contribution in [0.5, 0.6) is 0 Å². The minimum atomic E-state index is -0.697. The number of likely N-dealkylation sites (tertiary alicyclic amines) is 2. The van der Waals surface area contributed by atoms with Gasteiger partial charge in [0.05, 0.1) is 29.5 Å². The van der Waals surface area contributed by atoms with Crippen LogP contribution in [-0.2, 0) is 19.2 Å². The molecule has 2 saturated heterocycles. The van der Waals surface area contributed by atoms with E-state index in [1.807, 2.05) is 77.7 Å². The Kier molecular flexibility index (Phi) is 20.2. The van der Waals surface area contributed by atoms with Gasteiger partial charge in [0.25, 0.3) is 11.8 Å².